The van der Waals surface area contributed by atoms with Gasteiger partial charge >= 0.3 is 0 Å². The molecule has 0 saturated carbocycles. The summed E-state index contributed by atoms with van der Waals surface area (Å²) in [6.45, 7) is 4.13. The summed E-state index contributed by atoms with van der Waals surface area (Å²) in [6.07, 6.45) is 0. The van der Waals surface area contributed by atoms with Gasteiger partial charge in [-0.25, -0.2) is 0 Å². The van der Waals surface area contributed by atoms with Crippen LogP contribution in [0, 0.1) is 13.8 Å². The van der Waals surface area contributed by atoms with Crippen LogP contribution in [-0.4, -0.2) is 4.99 Å². The number of nitrogens with two attached hydrogens (primary N) is 1. The lowest BCUT2D eigenvalue weighted by Crippen LogP contribution is -2.09. The van der Waals surface area contributed by atoms with Crippen molar-refractivity contribution in [3.8, 4) is 0 Å². The lowest BCUT2D eigenvalue weighted by atomic mass is 10.1. The van der Waals surface area contributed by atoms with Gasteiger partial charge in [0.15, 0.2) is 0 Å². The smallest absolute Gasteiger partial charge is 0.103 e. The number of hydrogen-bond donors (Lipinski definition) is 2. The minimum absolute atomic E-state index is 0.431. The van der Waals surface area contributed by atoms with Crippen LogP contribution in [-0.2, 0) is 0 Å². The number of anilines is 2. The zero-order valence-electron chi connectivity index (χ0n) is 10.5. The van der Waals surface area contributed by atoms with Crippen LogP contribution in [0.1, 0.15) is 16.7 Å². The summed E-state index contributed by atoms with van der Waals surface area (Å²) in [5.74, 6) is 0. The van der Waals surface area contributed by atoms with Crippen LogP contribution in [0.15, 0.2) is 42.5 Å². The fourth-order valence-corrected chi connectivity index (χ4v) is 1.94. The number of nitrogens with one attached hydrogen (secondary N) is 1. The molecule has 0 unspecified atom stereocenters. The van der Waals surface area contributed by atoms with E-state index in [1.54, 1.807) is 0 Å². The Bertz CT molecular complexity index is 591. The molecule has 0 heterocycles. The van der Waals surface area contributed by atoms with E-state index in [0.717, 1.165) is 22.5 Å². The second-order valence-corrected chi connectivity index (χ2v) is 4.77. The molecule has 0 atom stereocenters. The molecule has 0 saturated heterocycles. The second kappa shape index (κ2) is 5.19. The Morgan fingerprint density at radius 1 is 1.00 bits per heavy atom. The van der Waals surface area contributed by atoms with Gasteiger partial charge in [-0.05, 0) is 49.2 Å². The SMILES string of the molecule is Cc1ccccc1Nc1ccc(C(N)=S)cc1C. The van der Waals surface area contributed by atoms with Gasteiger partial charge in [0.25, 0.3) is 0 Å². The average molecular weight is 256 g/mol. The van der Waals surface area contributed by atoms with Crippen LogP contribution >= 0.6 is 12.2 Å². The van der Waals surface area contributed by atoms with Crippen LogP contribution in [0.3, 0.4) is 0 Å². The summed E-state index contributed by atoms with van der Waals surface area (Å²) in [5, 5.41) is 3.42. The second-order valence-electron chi connectivity index (χ2n) is 4.33. The van der Waals surface area contributed by atoms with Gasteiger partial charge in [0.2, 0.25) is 0 Å². The summed E-state index contributed by atoms with van der Waals surface area (Å²) >= 11 is 4.97. The van der Waals surface area contributed by atoms with Crippen LogP contribution in [0.5, 0.6) is 0 Å². The number of para-hydroxylation sites is 1. The largest absolute Gasteiger partial charge is 0.389 e. The number of hydrogen-bond acceptors (Lipinski definition) is 2. The summed E-state index contributed by atoms with van der Waals surface area (Å²) in [4.78, 5) is 0.431. The molecule has 0 aromatic heterocycles. The summed E-state index contributed by atoms with van der Waals surface area (Å²) in [7, 11) is 0. The van der Waals surface area contributed by atoms with Crippen LogP contribution < -0.4 is 11.1 Å². The first-order valence-corrected chi connectivity index (χ1v) is 6.22. The molecule has 3 heteroatoms. The molecule has 2 aromatic rings. The van der Waals surface area contributed by atoms with Crippen molar-refractivity contribution in [3.05, 3.63) is 59.2 Å². The predicted octanol–water partition coefficient (Wildman–Crippen LogP) is 3.68. The molecule has 18 heavy (non-hydrogen) atoms. The van der Waals surface area contributed by atoms with Gasteiger partial charge in [-0.2, -0.15) is 0 Å². The maximum atomic E-state index is 5.62. The topological polar surface area (TPSA) is 38.0 Å². The first kappa shape index (κ1) is 12.6. The molecule has 0 aliphatic rings. The van der Waals surface area contributed by atoms with Crippen LogP contribution in [0.2, 0.25) is 0 Å². The highest BCUT2D eigenvalue weighted by Gasteiger charge is 2.03. The first-order chi connectivity index (χ1) is 8.58. The van der Waals surface area contributed by atoms with E-state index in [0.29, 0.717) is 4.99 Å². The average Bonchev–Trinajstić information content (AvgIpc) is 2.34. The maximum Gasteiger partial charge on any atom is 0.103 e. The van der Waals surface area contributed by atoms with E-state index in [1.807, 2.05) is 37.3 Å². The van der Waals surface area contributed by atoms with Crippen molar-refractivity contribution in [2.75, 3.05) is 5.32 Å². The minimum atomic E-state index is 0.431. The molecule has 2 nitrogen and oxygen atoms in total. The lowest BCUT2D eigenvalue weighted by molar-refractivity contribution is 1.39. The highest BCUT2D eigenvalue weighted by atomic mass is 32.1. The molecule has 0 fully saturated rings. The molecular weight excluding hydrogens is 240 g/mol. The Morgan fingerprint density at radius 2 is 1.67 bits per heavy atom. The Hall–Kier alpha value is -1.87. The van der Waals surface area contributed by atoms with E-state index in [1.165, 1.54) is 5.56 Å². The Balaban J connectivity index is 2.30. The van der Waals surface area contributed by atoms with Crippen molar-refractivity contribution >= 4 is 28.6 Å². The molecule has 0 aliphatic heterocycles. The van der Waals surface area contributed by atoms with E-state index in [4.69, 9.17) is 18.0 Å². The van der Waals surface area contributed by atoms with Gasteiger partial charge in [-0.1, -0.05) is 30.4 Å². The molecule has 0 radical (unpaired) electrons. The number of benzene rings is 2. The third-order valence-corrected chi connectivity index (χ3v) is 3.16. The summed E-state index contributed by atoms with van der Waals surface area (Å²) in [6, 6.07) is 14.2. The monoisotopic (exact) mass is 256 g/mol. The predicted molar refractivity (Wildman–Crippen MR) is 81.5 cm³/mol. The molecule has 2 rings (SSSR count). The van der Waals surface area contributed by atoms with Gasteiger partial charge < -0.3 is 11.1 Å². The van der Waals surface area contributed by atoms with E-state index >= 15 is 0 Å². The standard InChI is InChI=1S/C15H16N2S/c1-10-5-3-4-6-13(10)17-14-8-7-12(15(16)18)9-11(14)2/h3-9,17H,1-2H3,(H2,16,18). The van der Waals surface area contributed by atoms with Crippen molar-refractivity contribution < 1.29 is 0 Å². The Morgan fingerprint density at radius 3 is 2.28 bits per heavy atom. The van der Waals surface area contributed by atoms with Crippen LogP contribution in [0.25, 0.3) is 0 Å². The lowest BCUT2D eigenvalue weighted by Gasteiger charge is -2.12. The zero-order valence-corrected chi connectivity index (χ0v) is 11.3. The fraction of sp³-hybridized carbons (Fsp3) is 0.133. The summed E-state index contributed by atoms with van der Waals surface area (Å²) in [5.41, 5.74) is 11.1. The summed E-state index contributed by atoms with van der Waals surface area (Å²) < 4.78 is 0. The van der Waals surface area contributed by atoms with Crippen molar-refractivity contribution in [2.24, 2.45) is 5.73 Å². The highest BCUT2D eigenvalue weighted by molar-refractivity contribution is 7.80. The van der Waals surface area contributed by atoms with E-state index in [9.17, 15) is 0 Å². The van der Waals surface area contributed by atoms with Gasteiger partial charge in [-0.15, -0.1) is 0 Å². The normalized spacial score (nSPS) is 10.1. The number of rotatable bonds is 3. The van der Waals surface area contributed by atoms with Crippen LogP contribution in [0.4, 0.5) is 11.4 Å². The molecule has 0 spiro atoms. The highest BCUT2D eigenvalue weighted by Crippen LogP contribution is 2.23. The molecule has 3 N–H and O–H groups in total. The zero-order chi connectivity index (χ0) is 13.1. The Labute approximate surface area is 113 Å². The van der Waals surface area contributed by atoms with Crippen molar-refractivity contribution in [3.63, 3.8) is 0 Å². The van der Waals surface area contributed by atoms with E-state index < -0.39 is 0 Å². The van der Waals surface area contributed by atoms with Gasteiger partial charge in [0, 0.05) is 16.9 Å². The van der Waals surface area contributed by atoms with E-state index in [2.05, 4.69) is 24.4 Å². The van der Waals surface area contributed by atoms with Gasteiger partial charge in [0.1, 0.15) is 4.99 Å². The fourth-order valence-electron chi connectivity index (χ4n) is 1.82. The quantitative estimate of drug-likeness (QED) is 0.823. The van der Waals surface area contributed by atoms with Crippen molar-refractivity contribution in [2.45, 2.75) is 13.8 Å². The van der Waals surface area contributed by atoms with Gasteiger partial charge in [0.05, 0.1) is 0 Å². The maximum absolute atomic E-state index is 5.62. The van der Waals surface area contributed by atoms with Crippen molar-refractivity contribution in [1.82, 2.24) is 0 Å². The van der Waals surface area contributed by atoms with Crippen molar-refractivity contribution in [1.29, 1.82) is 0 Å². The first-order valence-electron chi connectivity index (χ1n) is 5.81. The van der Waals surface area contributed by atoms with Gasteiger partial charge in [-0.3, -0.25) is 0 Å². The number of aryl methyl sites for hydroxylation is 2. The molecule has 92 valence electrons. The molecule has 0 aliphatic carbocycles. The molecular formula is C15H16N2S. The minimum Gasteiger partial charge on any atom is -0.389 e. The number of thiocarbonyl (C=S) groups is 1. The third kappa shape index (κ3) is 2.68. The molecule has 2 aromatic carbocycles. The third-order valence-electron chi connectivity index (χ3n) is 2.93. The molecule has 0 bridgehead atoms. The Kier molecular flexibility index (Phi) is 3.63. The molecule has 0 amide bonds. The van der Waals surface area contributed by atoms with E-state index in [-0.39, 0.29) is 0 Å².